The lowest BCUT2D eigenvalue weighted by molar-refractivity contribution is 0.0699. The average Bonchev–Trinajstić information content (AvgIpc) is 2.79. The van der Waals surface area contributed by atoms with E-state index >= 15 is 0 Å². The molecule has 1 aromatic carbocycles. The van der Waals surface area contributed by atoms with Crippen LogP contribution in [0, 0.1) is 0 Å². The van der Waals surface area contributed by atoms with Crippen LogP contribution < -0.4 is 0 Å². The fourth-order valence-electron chi connectivity index (χ4n) is 2.41. The van der Waals surface area contributed by atoms with Gasteiger partial charge in [-0.15, -0.1) is 0 Å². The number of aliphatic hydroxyl groups excluding tert-OH is 2. The number of para-hydroxylation sites is 1. The van der Waals surface area contributed by atoms with Gasteiger partial charge in [0.05, 0.1) is 30.3 Å². The maximum atomic E-state index is 11.3. The largest absolute Gasteiger partial charge is 0.478 e. The second kappa shape index (κ2) is 5.46. The Kier molecular flexibility index (Phi) is 4.02. The Morgan fingerprint density at radius 3 is 2.38 bits per heavy atom. The van der Waals surface area contributed by atoms with Gasteiger partial charge in [0.15, 0.2) is 0 Å². The number of rotatable bonds is 4. The lowest BCUT2D eigenvalue weighted by atomic mass is 9.95. The summed E-state index contributed by atoms with van der Waals surface area (Å²) < 4.78 is 1.74. The van der Waals surface area contributed by atoms with Crippen molar-refractivity contribution < 1.29 is 20.1 Å². The summed E-state index contributed by atoms with van der Waals surface area (Å²) >= 11 is 0. The van der Waals surface area contributed by atoms with E-state index in [0.717, 1.165) is 0 Å². The van der Waals surface area contributed by atoms with Crippen molar-refractivity contribution in [2.75, 3.05) is 13.2 Å². The van der Waals surface area contributed by atoms with Crippen LogP contribution in [0.4, 0.5) is 0 Å². The first-order chi connectivity index (χ1) is 9.81. The van der Waals surface area contributed by atoms with E-state index in [1.807, 2.05) is 20.8 Å². The Morgan fingerprint density at radius 1 is 1.29 bits per heavy atom. The zero-order valence-corrected chi connectivity index (χ0v) is 12.4. The molecule has 0 aliphatic carbocycles. The molecule has 21 heavy (non-hydrogen) atoms. The van der Waals surface area contributed by atoms with Crippen molar-refractivity contribution in [3.05, 3.63) is 29.6 Å². The molecule has 0 saturated carbocycles. The lowest BCUT2D eigenvalue weighted by Crippen LogP contribution is -2.25. The van der Waals surface area contributed by atoms with Gasteiger partial charge in [0.25, 0.3) is 0 Å². The van der Waals surface area contributed by atoms with Gasteiger partial charge in [0.2, 0.25) is 0 Å². The van der Waals surface area contributed by atoms with Gasteiger partial charge in [-0.05, 0) is 12.1 Å². The predicted molar refractivity (Wildman–Crippen MR) is 78.6 cm³/mol. The fourth-order valence-corrected chi connectivity index (χ4v) is 2.41. The van der Waals surface area contributed by atoms with E-state index in [4.69, 9.17) is 0 Å². The van der Waals surface area contributed by atoms with Crippen LogP contribution >= 0.6 is 0 Å². The number of benzene rings is 1. The van der Waals surface area contributed by atoms with Crippen molar-refractivity contribution in [1.29, 1.82) is 0 Å². The topological polar surface area (TPSA) is 95.6 Å². The number of aromatic nitrogens is 2. The Hall–Kier alpha value is -1.92. The maximum Gasteiger partial charge on any atom is 0.337 e. The van der Waals surface area contributed by atoms with Gasteiger partial charge in [-0.1, -0.05) is 26.8 Å². The molecule has 1 aromatic heterocycles. The molecule has 0 amide bonds. The highest BCUT2D eigenvalue weighted by Gasteiger charge is 2.28. The predicted octanol–water partition coefficient (Wildman–Crippen LogP) is 1.56. The fraction of sp³-hybridized carbons (Fsp3) is 0.467. The van der Waals surface area contributed by atoms with E-state index in [2.05, 4.69) is 4.98 Å². The van der Waals surface area contributed by atoms with Crippen molar-refractivity contribution in [1.82, 2.24) is 9.55 Å². The number of carboxylic acids is 1. The minimum Gasteiger partial charge on any atom is -0.478 e. The van der Waals surface area contributed by atoms with Crippen molar-refractivity contribution in [3.63, 3.8) is 0 Å². The summed E-state index contributed by atoms with van der Waals surface area (Å²) in [4.78, 5) is 15.8. The number of hydrogen-bond donors (Lipinski definition) is 3. The van der Waals surface area contributed by atoms with E-state index in [-0.39, 0.29) is 24.2 Å². The van der Waals surface area contributed by atoms with E-state index in [1.165, 1.54) is 6.07 Å². The number of imidazole rings is 1. The first kappa shape index (κ1) is 15.5. The molecule has 3 N–H and O–H groups in total. The number of aromatic carboxylic acids is 1. The molecule has 2 aromatic rings. The summed E-state index contributed by atoms with van der Waals surface area (Å²) in [6, 6.07) is 4.35. The molecular weight excluding hydrogens is 272 g/mol. The molecule has 0 fully saturated rings. The van der Waals surface area contributed by atoms with E-state index in [9.17, 15) is 20.1 Å². The third-order valence-electron chi connectivity index (χ3n) is 3.41. The second-order valence-electron chi connectivity index (χ2n) is 6.05. The van der Waals surface area contributed by atoms with Crippen molar-refractivity contribution in [2.45, 2.75) is 32.2 Å². The Bertz CT molecular complexity index is 666. The van der Waals surface area contributed by atoms with Crippen LogP contribution in [-0.2, 0) is 5.41 Å². The van der Waals surface area contributed by atoms with Crippen LogP contribution in [0.2, 0.25) is 0 Å². The molecule has 2 rings (SSSR count). The number of aliphatic hydroxyl groups is 2. The van der Waals surface area contributed by atoms with Crippen LogP contribution in [0.25, 0.3) is 11.0 Å². The molecular formula is C15H20N2O4. The number of fused-ring (bicyclic) bond motifs is 1. The van der Waals surface area contributed by atoms with Crippen LogP contribution in [0.5, 0.6) is 0 Å². The van der Waals surface area contributed by atoms with Crippen molar-refractivity contribution in [2.24, 2.45) is 0 Å². The molecule has 0 saturated heterocycles. The average molecular weight is 292 g/mol. The Morgan fingerprint density at radius 2 is 1.90 bits per heavy atom. The quantitative estimate of drug-likeness (QED) is 0.794. The Labute approximate surface area is 122 Å². The van der Waals surface area contributed by atoms with Gasteiger partial charge < -0.3 is 19.9 Å². The molecule has 0 atom stereocenters. The monoisotopic (exact) mass is 292 g/mol. The molecule has 0 spiro atoms. The highest BCUT2D eigenvalue weighted by Crippen LogP contribution is 2.31. The van der Waals surface area contributed by atoms with Crippen LogP contribution in [0.3, 0.4) is 0 Å². The molecule has 0 aliphatic heterocycles. The SMILES string of the molecule is CC(C)(C)c1nc2c(C(=O)O)cccc2n1C(CO)CO. The minimum absolute atomic E-state index is 0.117. The van der Waals surface area contributed by atoms with E-state index in [1.54, 1.807) is 16.7 Å². The molecule has 6 nitrogen and oxygen atoms in total. The molecule has 1 heterocycles. The van der Waals surface area contributed by atoms with Gasteiger partial charge in [-0.25, -0.2) is 9.78 Å². The third-order valence-corrected chi connectivity index (χ3v) is 3.41. The van der Waals surface area contributed by atoms with Crippen molar-refractivity contribution >= 4 is 17.0 Å². The lowest BCUT2D eigenvalue weighted by Gasteiger charge is -2.24. The van der Waals surface area contributed by atoms with E-state index < -0.39 is 12.0 Å². The molecule has 6 heteroatoms. The van der Waals surface area contributed by atoms with Gasteiger partial charge in [-0.3, -0.25) is 0 Å². The van der Waals surface area contributed by atoms with Crippen molar-refractivity contribution in [3.8, 4) is 0 Å². The summed E-state index contributed by atoms with van der Waals surface area (Å²) in [6.07, 6.45) is 0. The number of carboxylic acid groups (broad SMARTS) is 1. The zero-order valence-electron chi connectivity index (χ0n) is 12.4. The highest BCUT2D eigenvalue weighted by atomic mass is 16.4. The number of hydrogen-bond acceptors (Lipinski definition) is 4. The summed E-state index contributed by atoms with van der Waals surface area (Å²) in [6.45, 7) is 5.37. The molecule has 114 valence electrons. The molecule has 0 unspecified atom stereocenters. The number of carbonyl (C=O) groups is 1. The normalized spacial score (nSPS) is 12.3. The summed E-state index contributed by atoms with van der Waals surface area (Å²) in [7, 11) is 0. The summed E-state index contributed by atoms with van der Waals surface area (Å²) in [5.74, 6) is -0.408. The maximum absolute atomic E-state index is 11.3. The van der Waals surface area contributed by atoms with E-state index in [0.29, 0.717) is 16.9 Å². The summed E-state index contributed by atoms with van der Waals surface area (Å²) in [5.41, 5.74) is 0.748. The molecule has 0 radical (unpaired) electrons. The van der Waals surface area contributed by atoms with Crippen LogP contribution in [-0.4, -0.2) is 44.1 Å². The third kappa shape index (κ3) is 2.64. The molecule has 0 aliphatic rings. The molecule has 0 bridgehead atoms. The minimum atomic E-state index is -1.05. The van der Waals surface area contributed by atoms with Gasteiger partial charge in [0, 0.05) is 5.41 Å². The van der Waals surface area contributed by atoms with Gasteiger partial charge in [0.1, 0.15) is 11.3 Å². The number of nitrogens with zero attached hydrogens (tertiary/aromatic N) is 2. The smallest absolute Gasteiger partial charge is 0.337 e. The standard InChI is InChI=1S/C15H20N2O4/c1-15(2,3)14-16-12-10(13(20)21)5-4-6-11(12)17(14)9(7-18)8-19/h4-6,9,18-19H,7-8H2,1-3H3,(H,20,21). The second-order valence-corrected chi connectivity index (χ2v) is 6.05. The van der Waals surface area contributed by atoms with Gasteiger partial charge >= 0.3 is 5.97 Å². The van der Waals surface area contributed by atoms with Gasteiger partial charge in [-0.2, -0.15) is 0 Å². The zero-order chi connectivity index (χ0) is 15.8. The Balaban J connectivity index is 2.85. The van der Waals surface area contributed by atoms with Crippen LogP contribution in [0.1, 0.15) is 43.0 Å². The first-order valence-corrected chi connectivity index (χ1v) is 6.77. The first-order valence-electron chi connectivity index (χ1n) is 6.77. The highest BCUT2D eigenvalue weighted by molar-refractivity contribution is 6.01. The van der Waals surface area contributed by atoms with Crippen LogP contribution in [0.15, 0.2) is 18.2 Å². The summed E-state index contributed by atoms with van der Waals surface area (Å²) in [5, 5.41) is 28.3.